The zero-order valence-electron chi connectivity index (χ0n) is 22.8. The fraction of sp³-hybridized carbons (Fsp3) is 0.355. The van der Waals surface area contributed by atoms with Crippen molar-refractivity contribution in [2.75, 3.05) is 27.4 Å². The number of hydrogen-bond acceptors (Lipinski definition) is 5. The number of methoxy groups -OCH3 is 2. The predicted molar refractivity (Wildman–Crippen MR) is 150 cm³/mol. The summed E-state index contributed by atoms with van der Waals surface area (Å²) in [7, 11) is 3.18. The van der Waals surface area contributed by atoms with Crippen molar-refractivity contribution in [3.8, 4) is 17.2 Å². The lowest BCUT2D eigenvalue weighted by molar-refractivity contribution is -0.120. The van der Waals surface area contributed by atoms with Gasteiger partial charge in [0.2, 0.25) is 5.91 Å². The van der Waals surface area contributed by atoms with Crippen LogP contribution in [-0.4, -0.2) is 42.8 Å². The summed E-state index contributed by atoms with van der Waals surface area (Å²) in [5.41, 5.74) is 5.39. The molecule has 0 aliphatic rings. The van der Waals surface area contributed by atoms with E-state index < -0.39 is 0 Å². The van der Waals surface area contributed by atoms with Crippen LogP contribution < -0.4 is 19.5 Å². The summed E-state index contributed by atoms with van der Waals surface area (Å²) < 4.78 is 18.9. The molecule has 0 saturated carbocycles. The molecule has 0 atom stereocenters. The number of rotatable bonds is 13. The van der Waals surface area contributed by atoms with Crippen molar-refractivity contribution in [3.63, 3.8) is 0 Å². The standard InChI is InChI=1S/C31H37N3O4/c1-22-17-23(2)19-25(18-22)38-16-8-7-15-34-27-10-6-5-9-26(27)33-30(34)13-14-32-31(35)21-24-11-12-28(36-3)29(20-24)37-4/h5-6,9-12,17-20H,7-8,13-16,21H2,1-4H3,(H,32,35). The fourth-order valence-electron chi connectivity index (χ4n) is 4.70. The number of fused-ring (bicyclic) bond motifs is 1. The van der Waals surface area contributed by atoms with E-state index in [1.54, 1.807) is 14.2 Å². The van der Waals surface area contributed by atoms with Crippen LogP contribution in [0.3, 0.4) is 0 Å². The Morgan fingerprint density at radius 1 is 0.921 bits per heavy atom. The highest BCUT2D eigenvalue weighted by Gasteiger charge is 2.12. The highest BCUT2D eigenvalue weighted by molar-refractivity contribution is 5.79. The van der Waals surface area contributed by atoms with Crippen molar-refractivity contribution in [2.24, 2.45) is 0 Å². The number of hydrogen-bond donors (Lipinski definition) is 1. The van der Waals surface area contributed by atoms with E-state index in [-0.39, 0.29) is 12.3 Å². The van der Waals surface area contributed by atoms with Gasteiger partial charge in [-0.15, -0.1) is 0 Å². The molecule has 1 amide bonds. The average Bonchev–Trinajstić information content (AvgIpc) is 3.25. The van der Waals surface area contributed by atoms with E-state index in [4.69, 9.17) is 19.2 Å². The number of ether oxygens (including phenoxy) is 3. The topological polar surface area (TPSA) is 74.6 Å². The molecule has 1 N–H and O–H groups in total. The zero-order valence-corrected chi connectivity index (χ0v) is 22.8. The molecule has 3 aromatic carbocycles. The molecular weight excluding hydrogens is 478 g/mol. The first-order valence-electron chi connectivity index (χ1n) is 13.1. The lowest BCUT2D eigenvalue weighted by Crippen LogP contribution is -2.28. The van der Waals surface area contributed by atoms with E-state index in [1.807, 2.05) is 36.4 Å². The SMILES string of the molecule is COc1ccc(CC(=O)NCCc2nc3ccccc3n2CCCCOc2cc(C)cc(C)c2)cc1OC. The van der Waals surface area contributed by atoms with Gasteiger partial charge in [0.1, 0.15) is 11.6 Å². The molecule has 7 heteroatoms. The van der Waals surface area contributed by atoms with E-state index >= 15 is 0 Å². The highest BCUT2D eigenvalue weighted by Crippen LogP contribution is 2.27. The van der Waals surface area contributed by atoms with E-state index in [2.05, 4.69) is 48.0 Å². The molecule has 38 heavy (non-hydrogen) atoms. The number of nitrogens with zero attached hydrogens (tertiary/aromatic N) is 2. The Labute approximate surface area is 224 Å². The van der Waals surface area contributed by atoms with Crippen LogP contribution in [0.4, 0.5) is 0 Å². The molecule has 0 radical (unpaired) electrons. The van der Waals surface area contributed by atoms with Gasteiger partial charge in [0, 0.05) is 19.5 Å². The minimum Gasteiger partial charge on any atom is -0.494 e. The summed E-state index contributed by atoms with van der Waals surface area (Å²) in [5, 5.41) is 3.04. The van der Waals surface area contributed by atoms with Gasteiger partial charge in [-0.1, -0.05) is 24.3 Å². The summed E-state index contributed by atoms with van der Waals surface area (Å²) in [5.74, 6) is 3.13. The number of carbonyl (C=O) groups excluding carboxylic acids is 1. The van der Waals surface area contributed by atoms with Crippen molar-refractivity contribution in [1.82, 2.24) is 14.9 Å². The Bertz CT molecular complexity index is 1360. The van der Waals surface area contributed by atoms with E-state index in [0.29, 0.717) is 31.1 Å². The lowest BCUT2D eigenvalue weighted by Gasteiger charge is -2.12. The minimum absolute atomic E-state index is 0.0385. The number of aryl methyl sites for hydroxylation is 3. The van der Waals surface area contributed by atoms with Crippen LogP contribution in [0.5, 0.6) is 17.2 Å². The van der Waals surface area contributed by atoms with Crippen LogP contribution in [0.15, 0.2) is 60.7 Å². The van der Waals surface area contributed by atoms with Gasteiger partial charge >= 0.3 is 0 Å². The Morgan fingerprint density at radius 2 is 1.68 bits per heavy atom. The van der Waals surface area contributed by atoms with Gasteiger partial charge in [0.25, 0.3) is 0 Å². The Kier molecular flexibility index (Phi) is 9.25. The summed E-state index contributed by atoms with van der Waals surface area (Å²) in [4.78, 5) is 17.4. The molecular formula is C31H37N3O4. The second kappa shape index (κ2) is 13.0. The summed E-state index contributed by atoms with van der Waals surface area (Å²) in [6, 6.07) is 20.0. The van der Waals surface area contributed by atoms with Crippen LogP contribution in [-0.2, 0) is 24.2 Å². The first kappa shape index (κ1) is 27.0. The molecule has 0 spiro atoms. The van der Waals surface area contributed by atoms with Gasteiger partial charge in [0.05, 0.1) is 38.3 Å². The molecule has 1 aromatic heterocycles. The predicted octanol–water partition coefficient (Wildman–Crippen LogP) is 5.43. The third-order valence-electron chi connectivity index (χ3n) is 6.46. The maximum Gasteiger partial charge on any atom is 0.224 e. The number of imidazole rings is 1. The van der Waals surface area contributed by atoms with Gasteiger partial charge in [-0.2, -0.15) is 0 Å². The van der Waals surface area contributed by atoms with E-state index in [1.165, 1.54) is 11.1 Å². The van der Waals surface area contributed by atoms with Crippen LogP contribution in [0.25, 0.3) is 11.0 Å². The Hall–Kier alpha value is -4.00. The third kappa shape index (κ3) is 7.06. The van der Waals surface area contributed by atoms with E-state index in [0.717, 1.165) is 47.6 Å². The molecule has 4 aromatic rings. The number of aromatic nitrogens is 2. The van der Waals surface area contributed by atoms with Crippen molar-refractivity contribution < 1.29 is 19.0 Å². The van der Waals surface area contributed by atoms with Crippen LogP contribution in [0.1, 0.15) is 35.4 Å². The number of benzene rings is 3. The minimum atomic E-state index is -0.0385. The van der Waals surface area contributed by atoms with Crippen molar-refractivity contribution in [3.05, 3.63) is 83.2 Å². The second-order valence-electron chi connectivity index (χ2n) is 9.51. The maximum atomic E-state index is 12.6. The number of nitrogens with one attached hydrogen (secondary N) is 1. The van der Waals surface area contributed by atoms with Gasteiger partial charge < -0.3 is 24.1 Å². The van der Waals surface area contributed by atoms with Gasteiger partial charge in [-0.3, -0.25) is 4.79 Å². The Balaban J connectivity index is 1.30. The zero-order chi connectivity index (χ0) is 26.9. The van der Waals surface area contributed by atoms with Crippen LogP contribution in [0, 0.1) is 13.8 Å². The van der Waals surface area contributed by atoms with Crippen molar-refractivity contribution >= 4 is 16.9 Å². The van der Waals surface area contributed by atoms with Crippen LogP contribution >= 0.6 is 0 Å². The number of para-hydroxylation sites is 2. The third-order valence-corrected chi connectivity index (χ3v) is 6.46. The van der Waals surface area contributed by atoms with Crippen molar-refractivity contribution in [2.45, 2.75) is 46.1 Å². The molecule has 0 unspecified atom stereocenters. The normalized spacial score (nSPS) is 10.9. The molecule has 4 rings (SSSR count). The molecule has 0 aliphatic heterocycles. The first-order valence-corrected chi connectivity index (χ1v) is 13.1. The maximum absolute atomic E-state index is 12.6. The molecule has 0 fully saturated rings. The van der Waals surface area contributed by atoms with Gasteiger partial charge in [-0.05, 0) is 79.8 Å². The van der Waals surface area contributed by atoms with Crippen molar-refractivity contribution in [1.29, 1.82) is 0 Å². The van der Waals surface area contributed by atoms with Crippen LogP contribution in [0.2, 0.25) is 0 Å². The molecule has 0 saturated heterocycles. The Morgan fingerprint density at radius 3 is 2.45 bits per heavy atom. The first-order chi connectivity index (χ1) is 18.5. The summed E-state index contributed by atoms with van der Waals surface area (Å²) in [6.07, 6.45) is 2.85. The van der Waals surface area contributed by atoms with Gasteiger partial charge in [-0.25, -0.2) is 4.98 Å². The fourth-order valence-corrected chi connectivity index (χ4v) is 4.70. The number of amides is 1. The molecule has 1 heterocycles. The van der Waals surface area contributed by atoms with E-state index in [9.17, 15) is 4.79 Å². The summed E-state index contributed by atoms with van der Waals surface area (Å²) >= 11 is 0. The molecule has 200 valence electrons. The monoisotopic (exact) mass is 515 g/mol. The molecule has 7 nitrogen and oxygen atoms in total. The highest BCUT2D eigenvalue weighted by atomic mass is 16.5. The molecule has 0 aliphatic carbocycles. The summed E-state index contributed by atoms with van der Waals surface area (Å²) in [6.45, 7) is 6.22. The van der Waals surface area contributed by atoms with Gasteiger partial charge in [0.15, 0.2) is 11.5 Å². The average molecular weight is 516 g/mol. The molecule has 0 bridgehead atoms. The largest absolute Gasteiger partial charge is 0.494 e. The number of carbonyl (C=O) groups is 1. The smallest absolute Gasteiger partial charge is 0.224 e. The quantitative estimate of drug-likeness (QED) is 0.240. The number of unbranched alkanes of at least 4 members (excludes halogenated alkanes) is 1. The second-order valence-corrected chi connectivity index (χ2v) is 9.51. The lowest BCUT2D eigenvalue weighted by atomic mass is 10.1.